The van der Waals surface area contributed by atoms with Gasteiger partial charge in [0.05, 0.1) is 18.2 Å². The van der Waals surface area contributed by atoms with Crippen molar-refractivity contribution in [3.05, 3.63) is 102 Å². The maximum Gasteiger partial charge on any atom is 0.416 e. The first kappa shape index (κ1) is 25.3. The van der Waals surface area contributed by atoms with Crippen molar-refractivity contribution in [2.75, 3.05) is 25.5 Å². The zero-order valence-electron chi connectivity index (χ0n) is 20.3. The van der Waals surface area contributed by atoms with Gasteiger partial charge in [-0.05, 0) is 72.2 Å². The van der Waals surface area contributed by atoms with Crippen LogP contribution in [0, 0.1) is 5.82 Å². The predicted molar refractivity (Wildman–Crippen MR) is 138 cm³/mol. The second kappa shape index (κ2) is 10.2. The Morgan fingerprint density at radius 3 is 2.47 bits per heavy atom. The van der Waals surface area contributed by atoms with E-state index in [4.69, 9.17) is 4.74 Å². The first-order chi connectivity index (χ1) is 18.2. The average molecular weight is 522 g/mol. The van der Waals surface area contributed by atoms with Crippen LogP contribution in [0.25, 0.3) is 16.5 Å². The third-order valence-corrected chi connectivity index (χ3v) is 6.50. The summed E-state index contributed by atoms with van der Waals surface area (Å²) in [6.07, 6.45) is -0.470. The average Bonchev–Trinajstić information content (AvgIpc) is 2.92. The summed E-state index contributed by atoms with van der Waals surface area (Å²) in [5, 5.41) is 3.74. The monoisotopic (exact) mass is 521 g/mol. The van der Waals surface area contributed by atoms with Gasteiger partial charge in [-0.25, -0.2) is 4.39 Å². The minimum Gasteiger partial charge on any atom is -0.494 e. The summed E-state index contributed by atoms with van der Waals surface area (Å²) in [5.41, 5.74) is 3.01. The molecule has 5 nitrogen and oxygen atoms in total. The molecular weight excluding hydrogens is 498 g/mol. The number of aromatic nitrogens is 1. The number of alkyl halides is 3. The van der Waals surface area contributed by atoms with E-state index in [1.165, 1.54) is 25.4 Å². The number of pyridine rings is 1. The second-order valence-corrected chi connectivity index (χ2v) is 8.87. The fraction of sp³-hybridized carbons (Fsp3) is 0.172. The summed E-state index contributed by atoms with van der Waals surface area (Å²) >= 11 is 0. The molecule has 0 fully saturated rings. The molecule has 38 heavy (non-hydrogen) atoms. The van der Waals surface area contributed by atoms with Gasteiger partial charge in [0, 0.05) is 41.6 Å². The number of carbonyl (C=O) groups is 1. The molecule has 1 N–H and O–H groups in total. The van der Waals surface area contributed by atoms with E-state index in [1.54, 1.807) is 47.4 Å². The Morgan fingerprint density at radius 1 is 1.03 bits per heavy atom. The van der Waals surface area contributed by atoms with Crippen LogP contribution in [0.1, 0.15) is 27.9 Å². The third kappa shape index (κ3) is 5.18. The van der Waals surface area contributed by atoms with Crippen LogP contribution in [0.4, 0.5) is 28.9 Å². The van der Waals surface area contributed by atoms with Gasteiger partial charge in [0.25, 0.3) is 5.91 Å². The minimum atomic E-state index is -4.44. The van der Waals surface area contributed by atoms with Gasteiger partial charge in [0.15, 0.2) is 11.6 Å². The number of hydrogen-bond acceptors (Lipinski definition) is 4. The van der Waals surface area contributed by atoms with E-state index >= 15 is 0 Å². The van der Waals surface area contributed by atoms with Gasteiger partial charge >= 0.3 is 6.18 Å². The third-order valence-electron chi connectivity index (χ3n) is 6.50. The summed E-state index contributed by atoms with van der Waals surface area (Å²) in [4.78, 5) is 18.8. The van der Waals surface area contributed by atoms with Gasteiger partial charge in [-0.15, -0.1) is 0 Å². The van der Waals surface area contributed by atoms with E-state index in [-0.39, 0.29) is 17.2 Å². The highest BCUT2D eigenvalue weighted by Crippen LogP contribution is 2.33. The van der Waals surface area contributed by atoms with Crippen LogP contribution >= 0.6 is 0 Å². The van der Waals surface area contributed by atoms with E-state index in [0.29, 0.717) is 41.8 Å². The Kier molecular flexibility index (Phi) is 6.75. The fourth-order valence-electron chi connectivity index (χ4n) is 4.45. The minimum absolute atomic E-state index is 0.123. The molecule has 0 spiro atoms. The zero-order chi connectivity index (χ0) is 26.9. The largest absolute Gasteiger partial charge is 0.494 e. The summed E-state index contributed by atoms with van der Waals surface area (Å²) in [6.45, 7) is 0.909. The molecule has 194 valence electrons. The lowest BCUT2D eigenvalue weighted by Crippen LogP contribution is -2.34. The summed E-state index contributed by atoms with van der Waals surface area (Å²) < 4.78 is 58.2. The van der Waals surface area contributed by atoms with E-state index in [9.17, 15) is 22.4 Å². The standard InChI is InChI=1S/C29H23F4N3O2/c1-38-27-9-4-20(16-24(27)30)18-11-14-36(15-12-18)28(37)19-2-6-22(7-3-19)35-25-10-13-34-26-17-21(29(31,32)33)5-8-23(25)26/h2-11,13,16-17H,12,14-15H2,1H3,(H,34,35). The van der Waals surface area contributed by atoms with Gasteiger partial charge in [-0.1, -0.05) is 18.2 Å². The highest BCUT2D eigenvalue weighted by molar-refractivity contribution is 5.96. The summed E-state index contributed by atoms with van der Waals surface area (Å²) in [7, 11) is 1.42. The number of nitrogens with one attached hydrogen (secondary N) is 1. The smallest absolute Gasteiger partial charge is 0.416 e. The molecular formula is C29H23F4N3O2. The maximum atomic E-state index is 14.1. The number of carbonyl (C=O) groups excluding carboxylic acids is 1. The molecule has 2 heterocycles. The lowest BCUT2D eigenvalue weighted by molar-refractivity contribution is -0.137. The zero-order valence-corrected chi connectivity index (χ0v) is 20.3. The number of halogens is 4. The fourth-order valence-corrected chi connectivity index (χ4v) is 4.45. The number of amides is 1. The van der Waals surface area contributed by atoms with Crippen molar-refractivity contribution in [2.24, 2.45) is 0 Å². The van der Waals surface area contributed by atoms with Crippen LogP contribution in [0.2, 0.25) is 0 Å². The van der Waals surface area contributed by atoms with Crippen LogP contribution in [0.15, 0.2) is 79.0 Å². The predicted octanol–water partition coefficient (Wildman–Crippen LogP) is 7.07. The molecule has 4 aromatic rings. The molecule has 0 atom stereocenters. The maximum absolute atomic E-state index is 14.1. The van der Waals surface area contributed by atoms with Crippen LogP contribution in [-0.2, 0) is 6.18 Å². The summed E-state index contributed by atoms with van der Waals surface area (Å²) in [6, 6.07) is 16.9. The molecule has 0 unspecified atom stereocenters. The molecule has 3 aromatic carbocycles. The molecule has 0 radical (unpaired) electrons. The Hall–Kier alpha value is -4.40. The highest BCUT2D eigenvalue weighted by Gasteiger charge is 2.30. The number of ether oxygens (including phenoxy) is 1. The molecule has 1 amide bonds. The van der Waals surface area contributed by atoms with Gasteiger partial charge < -0.3 is 15.0 Å². The number of rotatable bonds is 5. The number of hydrogen-bond donors (Lipinski definition) is 1. The van der Waals surface area contributed by atoms with Crippen molar-refractivity contribution in [1.29, 1.82) is 0 Å². The Bertz CT molecular complexity index is 1530. The Labute approximate surface area is 216 Å². The lowest BCUT2D eigenvalue weighted by atomic mass is 9.98. The van der Waals surface area contributed by atoms with Gasteiger partial charge in [-0.3, -0.25) is 9.78 Å². The van der Waals surface area contributed by atoms with Crippen molar-refractivity contribution < 1.29 is 27.1 Å². The van der Waals surface area contributed by atoms with Crippen LogP contribution in [0.5, 0.6) is 5.75 Å². The number of fused-ring (bicyclic) bond motifs is 1. The highest BCUT2D eigenvalue weighted by atomic mass is 19.4. The first-order valence-electron chi connectivity index (χ1n) is 11.9. The van der Waals surface area contributed by atoms with Crippen molar-refractivity contribution in [3.8, 4) is 5.75 Å². The number of nitrogens with zero attached hydrogens (tertiary/aromatic N) is 2. The van der Waals surface area contributed by atoms with Crippen molar-refractivity contribution in [2.45, 2.75) is 12.6 Å². The molecule has 0 bridgehead atoms. The molecule has 1 aliphatic rings. The Balaban J connectivity index is 1.27. The van der Waals surface area contributed by atoms with Crippen LogP contribution in [0.3, 0.4) is 0 Å². The van der Waals surface area contributed by atoms with E-state index < -0.39 is 17.6 Å². The molecule has 1 aromatic heterocycles. The van der Waals surface area contributed by atoms with Crippen LogP contribution in [-0.4, -0.2) is 36.0 Å². The molecule has 5 rings (SSSR count). The number of anilines is 2. The van der Waals surface area contributed by atoms with Gasteiger partial charge in [-0.2, -0.15) is 13.2 Å². The van der Waals surface area contributed by atoms with Gasteiger partial charge in [0.1, 0.15) is 0 Å². The number of methoxy groups -OCH3 is 1. The molecule has 1 aliphatic heterocycles. The van der Waals surface area contributed by atoms with Crippen molar-refractivity contribution >= 4 is 33.8 Å². The topological polar surface area (TPSA) is 54.5 Å². The second-order valence-electron chi connectivity index (χ2n) is 8.87. The Morgan fingerprint density at radius 2 is 1.82 bits per heavy atom. The van der Waals surface area contributed by atoms with E-state index in [2.05, 4.69) is 10.3 Å². The van der Waals surface area contributed by atoms with Crippen LogP contribution < -0.4 is 10.1 Å². The molecule has 0 saturated heterocycles. The molecule has 0 aliphatic carbocycles. The molecule has 9 heteroatoms. The molecule has 0 saturated carbocycles. The summed E-state index contributed by atoms with van der Waals surface area (Å²) in [5.74, 6) is -0.363. The van der Waals surface area contributed by atoms with Crippen molar-refractivity contribution in [3.63, 3.8) is 0 Å². The van der Waals surface area contributed by atoms with E-state index in [1.807, 2.05) is 6.08 Å². The quantitative estimate of drug-likeness (QED) is 0.285. The normalized spacial score (nSPS) is 13.8. The van der Waals surface area contributed by atoms with Crippen molar-refractivity contribution in [1.82, 2.24) is 9.88 Å². The van der Waals surface area contributed by atoms with Gasteiger partial charge in [0.2, 0.25) is 0 Å². The van der Waals surface area contributed by atoms with E-state index in [0.717, 1.165) is 23.3 Å². The lowest BCUT2D eigenvalue weighted by Gasteiger charge is -2.27. The number of benzene rings is 3. The SMILES string of the molecule is COc1ccc(C2=CCN(C(=O)c3ccc(Nc4ccnc5cc(C(F)(F)F)ccc45)cc3)CC2)cc1F. The first-order valence-corrected chi connectivity index (χ1v) is 11.9.